The second-order valence-electron chi connectivity index (χ2n) is 7.96. The van der Waals surface area contributed by atoms with E-state index in [-0.39, 0.29) is 24.0 Å². The quantitative estimate of drug-likeness (QED) is 0.219. The number of aliphatic imine (C=N–C) groups is 1. The third-order valence-electron chi connectivity index (χ3n) is 6.20. The summed E-state index contributed by atoms with van der Waals surface area (Å²) in [7, 11) is 1.87. The molecule has 0 bridgehead atoms. The number of hydrogen-bond acceptors (Lipinski definition) is 4. The highest BCUT2D eigenvalue weighted by molar-refractivity contribution is 14.0. The van der Waals surface area contributed by atoms with Gasteiger partial charge in [0, 0.05) is 38.8 Å². The number of nitrogens with one attached hydrogen (secondary N) is 2. The lowest BCUT2D eigenvalue weighted by molar-refractivity contribution is 0.00271. The zero-order valence-corrected chi connectivity index (χ0v) is 22.2. The molecule has 1 aliphatic rings. The van der Waals surface area contributed by atoms with Gasteiger partial charge in [-0.15, -0.1) is 24.0 Å². The molecular formula is C22H48IN5O. The molecule has 2 unspecified atom stereocenters. The van der Waals surface area contributed by atoms with Crippen LogP contribution in [0.25, 0.3) is 0 Å². The Balaban J connectivity index is 0.00000784. The number of nitrogens with zero attached hydrogens (tertiary/aromatic N) is 3. The van der Waals surface area contributed by atoms with Crippen LogP contribution in [0.3, 0.4) is 0 Å². The van der Waals surface area contributed by atoms with E-state index in [1.165, 1.54) is 25.8 Å². The molecule has 0 radical (unpaired) electrons. The highest BCUT2D eigenvalue weighted by Crippen LogP contribution is 2.19. The number of hydrogen-bond donors (Lipinski definition) is 2. The topological polar surface area (TPSA) is 52.1 Å². The summed E-state index contributed by atoms with van der Waals surface area (Å²) in [6.45, 7) is 19.5. The van der Waals surface area contributed by atoms with Crippen molar-refractivity contribution >= 4 is 29.9 Å². The van der Waals surface area contributed by atoms with E-state index >= 15 is 0 Å². The van der Waals surface area contributed by atoms with Gasteiger partial charge in [0.15, 0.2) is 5.96 Å². The second kappa shape index (κ2) is 17.5. The number of ether oxygens (including phenoxy) is 1. The van der Waals surface area contributed by atoms with Gasteiger partial charge >= 0.3 is 0 Å². The molecule has 6 nitrogen and oxygen atoms in total. The van der Waals surface area contributed by atoms with E-state index in [1.807, 2.05) is 7.05 Å². The summed E-state index contributed by atoms with van der Waals surface area (Å²) in [6, 6.07) is 0.965. The molecule has 29 heavy (non-hydrogen) atoms. The lowest BCUT2D eigenvalue weighted by atomic mass is 9.92. The molecule has 0 aromatic rings. The molecule has 1 fully saturated rings. The molecule has 0 aromatic carbocycles. The van der Waals surface area contributed by atoms with Crippen LogP contribution in [-0.4, -0.2) is 87.4 Å². The van der Waals surface area contributed by atoms with Gasteiger partial charge in [0.25, 0.3) is 0 Å². The molecule has 7 heteroatoms. The molecule has 0 spiro atoms. The van der Waals surface area contributed by atoms with Crippen molar-refractivity contribution in [2.75, 3.05) is 59.5 Å². The van der Waals surface area contributed by atoms with Gasteiger partial charge in [-0.1, -0.05) is 40.5 Å². The average molecular weight is 526 g/mol. The van der Waals surface area contributed by atoms with Crippen LogP contribution in [-0.2, 0) is 4.74 Å². The first kappa shape index (κ1) is 28.9. The third kappa shape index (κ3) is 11.2. The second-order valence-corrected chi connectivity index (χ2v) is 7.96. The maximum Gasteiger partial charge on any atom is 0.191 e. The average Bonchev–Trinajstić information content (AvgIpc) is 2.73. The first-order valence-corrected chi connectivity index (χ1v) is 11.6. The summed E-state index contributed by atoms with van der Waals surface area (Å²) in [6.07, 6.45) is 4.82. The van der Waals surface area contributed by atoms with Crippen molar-refractivity contribution in [2.24, 2.45) is 10.9 Å². The van der Waals surface area contributed by atoms with Crippen LogP contribution in [0.5, 0.6) is 0 Å². The van der Waals surface area contributed by atoms with Crippen LogP contribution in [0.4, 0.5) is 0 Å². The number of morpholine rings is 1. The summed E-state index contributed by atoms with van der Waals surface area (Å²) in [5.74, 6) is 1.63. The van der Waals surface area contributed by atoms with Crippen molar-refractivity contribution in [3.8, 4) is 0 Å². The summed E-state index contributed by atoms with van der Waals surface area (Å²) < 4.78 is 5.57. The minimum atomic E-state index is 0. The Kier molecular flexibility index (Phi) is 17.5. The summed E-state index contributed by atoms with van der Waals surface area (Å²) >= 11 is 0. The standard InChI is InChI=1S/C22H47N5O.HI/c1-7-20(8-2)21(27-14-16-28-17-15-27)18-24-22(23-6)25-19(5)12-11-13-26(9-3)10-4;/h19-21H,7-18H2,1-6H3,(H2,23,24,25);1H. The fourth-order valence-corrected chi connectivity index (χ4v) is 4.20. The fraction of sp³-hybridized carbons (Fsp3) is 0.955. The van der Waals surface area contributed by atoms with E-state index in [1.54, 1.807) is 0 Å². The molecule has 0 saturated carbocycles. The molecule has 1 aliphatic heterocycles. The van der Waals surface area contributed by atoms with E-state index in [4.69, 9.17) is 4.74 Å². The van der Waals surface area contributed by atoms with Gasteiger partial charge in [0.05, 0.1) is 13.2 Å². The van der Waals surface area contributed by atoms with E-state index < -0.39 is 0 Å². The van der Waals surface area contributed by atoms with Crippen LogP contribution in [0, 0.1) is 5.92 Å². The summed E-state index contributed by atoms with van der Waals surface area (Å²) in [5, 5.41) is 7.20. The predicted octanol–water partition coefficient (Wildman–Crippen LogP) is 3.42. The zero-order chi connectivity index (χ0) is 20.8. The van der Waals surface area contributed by atoms with Crippen molar-refractivity contribution in [3.05, 3.63) is 0 Å². The fourth-order valence-electron chi connectivity index (χ4n) is 4.20. The molecule has 0 aromatic heterocycles. The highest BCUT2D eigenvalue weighted by atomic mass is 127. The minimum Gasteiger partial charge on any atom is -0.379 e. The first-order valence-electron chi connectivity index (χ1n) is 11.6. The van der Waals surface area contributed by atoms with Gasteiger partial charge < -0.3 is 20.3 Å². The first-order chi connectivity index (χ1) is 13.6. The summed E-state index contributed by atoms with van der Waals surface area (Å²) in [5.41, 5.74) is 0. The van der Waals surface area contributed by atoms with Gasteiger partial charge in [0.2, 0.25) is 0 Å². The molecule has 1 saturated heterocycles. The van der Waals surface area contributed by atoms with E-state index in [9.17, 15) is 0 Å². The monoisotopic (exact) mass is 525 g/mol. The maximum absolute atomic E-state index is 5.57. The Labute approximate surface area is 197 Å². The summed E-state index contributed by atoms with van der Waals surface area (Å²) in [4.78, 5) is 9.57. The lowest BCUT2D eigenvalue weighted by Crippen LogP contribution is -2.54. The Morgan fingerprint density at radius 2 is 1.72 bits per heavy atom. The molecule has 2 atom stereocenters. The van der Waals surface area contributed by atoms with Crippen molar-refractivity contribution < 1.29 is 4.74 Å². The predicted molar refractivity (Wildman–Crippen MR) is 137 cm³/mol. The number of guanidine groups is 1. The van der Waals surface area contributed by atoms with E-state index in [2.05, 4.69) is 60.0 Å². The minimum absolute atomic E-state index is 0. The maximum atomic E-state index is 5.57. The Morgan fingerprint density at radius 3 is 2.24 bits per heavy atom. The molecule has 1 rings (SSSR count). The molecule has 1 heterocycles. The normalized spacial score (nSPS) is 17.9. The van der Waals surface area contributed by atoms with E-state index in [0.29, 0.717) is 18.0 Å². The smallest absolute Gasteiger partial charge is 0.191 e. The molecule has 174 valence electrons. The third-order valence-corrected chi connectivity index (χ3v) is 6.20. The SMILES string of the molecule is CCC(CC)C(CNC(=NC)NC(C)CCCN(CC)CC)N1CCOCC1.I. The molecule has 0 amide bonds. The van der Waals surface area contributed by atoms with Crippen molar-refractivity contribution in [1.82, 2.24) is 20.4 Å². The van der Waals surface area contributed by atoms with Crippen molar-refractivity contribution in [1.29, 1.82) is 0 Å². The van der Waals surface area contributed by atoms with Crippen LogP contribution in [0.15, 0.2) is 4.99 Å². The van der Waals surface area contributed by atoms with Gasteiger partial charge in [-0.2, -0.15) is 0 Å². The van der Waals surface area contributed by atoms with Gasteiger partial charge in [-0.05, 0) is 45.3 Å². The molecule has 0 aliphatic carbocycles. The lowest BCUT2D eigenvalue weighted by Gasteiger charge is -2.39. The van der Waals surface area contributed by atoms with Gasteiger partial charge in [0.1, 0.15) is 0 Å². The number of rotatable bonds is 13. The number of halogens is 1. The Hall–Kier alpha value is -0.120. The van der Waals surface area contributed by atoms with Crippen LogP contribution >= 0.6 is 24.0 Å². The van der Waals surface area contributed by atoms with Crippen LogP contribution in [0.1, 0.15) is 60.3 Å². The largest absolute Gasteiger partial charge is 0.379 e. The molecule has 2 N–H and O–H groups in total. The van der Waals surface area contributed by atoms with Gasteiger partial charge in [-0.25, -0.2) is 0 Å². The highest BCUT2D eigenvalue weighted by Gasteiger charge is 2.27. The van der Waals surface area contributed by atoms with E-state index in [0.717, 1.165) is 58.3 Å². The van der Waals surface area contributed by atoms with Gasteiger partial charge in [-0.3, -0.25) is 9.89 Å². The van der Waals surface area contributed by atoms with Crippen molar-refractivity contribution in [2.45, 2.75) is 72.4 Å². The Bertz CT molecular complexity index is 410. The van der Waals surface area contributed by atoms with Crippen molar-refractivity contribution in [3.63, 3.8) is 0 Å². The molecular weight excluding hydrogens is 477 g/mol. The van der Waals surface area contributed by atoms with Crippen LogP contribution in [0.2, 0.25) is 0 Å². The Morgan fingerprint density at radius 1 is 1.10 bits per heavy atom. The zero-order valence-electron chi connectivity index (χ0n) is 19.9. The van der Waals surface area contributed by atoms with Crippen LogP contribution < -0.4 is 10.6 Å².